The number of benzene rings is 3. The molecule has 2 heteroatoms. The van der Waals surface area contributed by atoms with Crippen molar-refractivity contribution in [1.82, 2.24) is 9.97 Å². The van der Waals surface area contributed by atoms with Crippen LogP contribution >= 0.6 is 0 Å². The first kappa shape index (κ1) is 21.4. The maximum absolute atomic E-state index is 3.19. The first-order valence-electron chi connectivity index (χ1n) is 10.5. The molecule has 2 heterocycles. The second kappa shape index (κ2) is 9.49. The average molecular weight is 397 g/mol. The number of fused-ring (bicyclic) bond motifs is 2. The Kier molecular flexibility index (Phi) is 6.79. The molecule has 0 aliphatic carbocycles. The largest absolute Gasteiger partial charge is 0.361 e. The summed E-state index contributed by atoms with van der Waals surface area (Å²) in [6, 6.07) is 21.2. The lowest BCUT2D eigenvalue weighted by Gasteiger charge is -2.04. The van der Waals surface area contributed by atoms with E-state index in [9.17, 15) is 0 Å². The number of hydrogen-bond acceptors (Lipinski definition) is 0. The van der Waals surface area contributed by atoms with E-state index in [2.05, 4.69) is 106 Å². The minimum atomic E-state index is 1.22. The van der Waals surface area contributed by atoms with Crippen molar-refractivity contribution < 1.29 is 0 Å². The molecule has 0 spiro atoms. The van der Waals surface area contributed by atoms with E-state index < -0.39 is 0 Å². The van der Waals surface area contributed by atoms with Gasteiger partial charge < -0.3 is 9.97 Å². The van der Waals surface area contributed by atoms with Crippen LogP contribution in [0.4, 0.5) is 0 Å². The van der Waals surface area contributed by atoms with Crippen molar-refractivity contribution in [3.63, 3.8) is 0 Å². The summed E-state index contributed by atoms with van der Waals surface area (Å²) in [6.07, 6.45) is 3.99. The molecule has 5 aromatic rings. The van der Waals surface area contributed by atoms with Crippen LogP contribution in [0.5, 0.6) is 0 Å². The quantitative estimate of drug-likeness (QED) is 0.267. The van der Waals surface area contributed by atoms with E-state index in [1.165, 1.54) is 55.2 Å². The lowest BCUT2D eigenvalue weighted by Crippen LogP contribution is -1.86. The Balaban J connectivity index is 0.000000128. The van der Waals surface area contributed by atoms with Crippen molar-refractivity contribution in [1.29, 1.82) is 0 Å². The number of para-hydroxylation sites is 1. The normalized spacial score (nSPS) is 10.3. The molecule has 0 atom stereocenters. The first-order valence-corrected chi connectivity index (χ1v) is 10.5. The van der Waals surface area contributed by atoms with Crippen molar-refractivity contribution in [2.75, 3.05) is 0 Å². The van der Waals surface area contributed by atoms with Gasteiger partial charge in [-0.1, -0.05) is 48.0 Å². The predicted octanol–water partition coefficient (Wildman–Crippen LogP) is 7.87. The lowest BCUT2D eigenvalue weighted by atomic mass is 10.0. The van der Waals surface area contributed by atoms with E-state index in [1.54, 1.807) is 0 Å². The van der Waals surface area contributed by atoms with Crippen LogP contribution < -0.4 is 0 Å². The summed E-state index contributed by atoms with van der Waals surface area (Å²) in [7, 11) is 0. The molecule has 0 radical (unpaired) electrons. The monoisotopic (exact) mass is 396 g/mol. The van der Waals surface area contributed by atoms with Gasteiger partial charge >= 0.3 is 0 Å². The Morgan fingerprint density at radius 1 is 0.567 bits per heavy atom. The highest BCUT2D eigenvalue weighted by Crippen LogP contribution is 2.16. The minimum absolute atomic E-state index is 1.22. The zero-order chi connectivity index (χ0) is 21.7. The molecule has 5 rings (SSSR count). The average Bonchev–Trinajstić information content (AvgIpc) is 3.33. The van der Waals surface area contributed by atoms with Crippen LogP contribution in [0.1, 0.15) is 33.4 Å². The van der Waals surface area contributed by atoms with Crippen LogP contribution in [-0.4, -0.2) is 9.97 Å². The number of H-pyrrole nitrogens is 2. The van der Waals surface area contributed by atoms with Crippen molar-refractivity contribution in [2.45, 2.75) is 41.5 Å². The van der Waals surface area contributed by atoms with Crippen molar-refractivity contribution in [3.05, 3.63) is 106 Å². The Morgan fingerprint density at radius 3 is 1.97 bits per heavy atom. The molecule has 2 aromatic heterocycles. The first-order chi connectivity index (χ1) is 14.3. The van der Waals surface area contributed by atoms with Gasteiger partial charge in [0.2, 0.25) is 0 Å². The van der Waals surface area contributed by atoms with Crippen LogP contribution in [0.15, 0.2) is 73.1 Å². The van der Waals surface area contributed by atoms with Gasteiger partial charge in [-0.2, -0.15) is 0 Å². The summed E-state index contributed by atoms with van der Waals surface area (Å²) in [5.41, 5.74) is 10.6. The highest BCUT2D eigenvalue weighted by Gasteiger charge is 1.96. The van der Waals surface area contributed by atoms with E-state index in [-0.39, 0.29) is 0 Å². The minimum Gasteiger partial charge on any atom is -0.361 e. The molecule has 2 N–H and O–H groups in total. The second-order valence-electron chi connectivity index (χ2n) is 8.11. The fourth-order valence-corrected chi connectivity index (χ4v) is 3.63. The molecule has 0 bridgehead atoms. The SMILES string of the molecule is Cc1c[nH]c2ccccc12.Cc1cc(C)c(C)c(C)c1.Cc1ccc2cc[nH]c2c1. The highest BCUT2D eigenvalue weighted by atomic mass is 14.7. The van der Waals surface area contributed by atoms with Crippen LogP contribution in [0, 0.1) is 41.5 Å². The number of aromatic amines is 2. The highest BCUT2D eigenvalue weighted by molar-refractivity contribution is 5.82. The third kappa shape index (κ3) is 5.21. The van der Waals surface area contributed by atoms with Gasteiger partial charge in [-0.05, 0) is 92.9 Å². The van der Waals surface area contributed by atoms with Crippen LogP contribution in [0.3, 0.4) is 0 Å². The third-order valence-corrected chi connectivity index (χ3v) is 5.58. The molecule has 2 nitrogen and oxygen atoms in total. The summed E-state index contributed by atoms with van der Waals surface area (Å²) in [5.74, 6) is 0. The summed E-state index contributed by atoms with van der Waals surface area (Å²) >= 11 is 0. The zero-order valence-electron chi connectivity index (χ0n) is 18.9. The van der Waals surface area contributed by atoms with Gasteiger partial charge in [0.25, 0.3) is 0 Å². The molecular formula is C28H32N2. The predicted molar refractivity (Wildman–Crippen MR) is 131 cm³/mol. The topological polar surface area (TPSA) is 31.6 Å². The molecule has 0 amide bonds. The Labute approximate surface area is 180 Å². The van der Waals surface area contributed by atoms with Crippen LogP contribution in [0.2, 0.25) is 0 Å². The summed E-state index contributed by atoms with van der Waals surface area (Å²) < 4.78 is 0. The standard InChI is InChI=1S/C10H14.2C9H9N/c1-7-5-8(2)10(4)9(3)6-7;1-7-2-3-8-4-5-10-9(8)6-7;1-7-6-10-9-5-3-2-4-8(7)9/h5-6H,1-4H3;2*2-6,10H,1H3. The maximum atomic E-state index is 3.19. The van der Waals surface area contributed by atoms with Gasteiger partial charge in [0.1, 0.15) is 0 Å². The van der Waals surface area contributed by atoms with E-state index >= 15 is 0 Å². The Bertz CT molecular complexity index is 1230. The van der Waals surface area contributed by atoms with E-state index in [0.29, 0.717) is 0 Å². The summed E-state index contributed by atoms with van der Waals surface area (Å²) in [6.45, 7) is 12.8. The molecule has 154 valence electrons. The Morgan fingerprint density at radius 2 is 1.27 bits per heavy atom. The van der Waals surface area contributed by atoms with Crippen molar-refractivity contribution in [3.8, 4) is 0 Å². The molecule has 0 unspecified atom stereocenters. The Hall–Kier alpha value is -3.26. The lowest BCUT2D eigenvalue weighted by molar-refractivity contribution is 1.23. The van der Waals surface area contributed by atoms with Gasteiger partial charge in [0.05, 0.1) is 0 Å². The zero-order valence-corrected chi connectivity index (χ0v) is 18.9. The number of aromatic nitrogens is 2. The second-order valence-corrected chi connectivity index (χ2v) is 8.11. The number of aryl methyl sites for hydroxylation is 5. The van der Waals surface area contributed by atoms with Gasteiger partial charge in [0, 0.05) is 28.8 Å². The summed E-state index contributed by atoms with van der Waals surface area (Å²) in [5, 5.41) is 2.60. The number of hydrogen-bond donors (Lipinski definition) is 2. The fraction of sp³-hybridized carbons (Fsp3) is 0.214. The van der Waals surface area contributed by atoms with E-state index in [1.807, 2.05) is 18.5 Å². The maximum Gasteiger partial charge on any atom is 0.0456 e. The van der Waals surface area contributed by atoms with Crippen molar-refractivity contribution in [2.24, 2.45) is 0 Å². The van der Waals surface area contributed by atoms with Gasteiger partial charge in [-0.3, -0.25) is 0 Å². The number of nitrogens with one attached hydrogen (secondary N) is 2. The molecule has 0 aliphatic rings. The van der Waals surface area contributed by atoms with E-state index in [4.69, 9.17) is 0 Å². The molecule has 0 aliphatic heterocycles. The molecule has 0 fully saturated rings. The molecule has 0 saturated carbocycles. The van der Waals surface area contributed by atoms with Gasteiger partial charge in [-0.25, -0.2) is 0 Å². The van der Waals surface area contributed by atoms with Crippen molar-refractivity contribution >= 4 is 21.8 Å². The van der Waals surface area contributed by atoms with Gasteiger partial charge in [-0.15, -0.1) is 0 Å². The van der Waals surface area contributed by atoms with Crippen LogP contribution in [0.25, 0.3) is 21.8 Å². The van der Waals surface area contributed by atoms with E-state index in [0.717, 1.165) is 0 Å². The molecular weight excluding hydrogens is 364 g/mol. The molecule has 0 saturated heterocycles. The summed E-state index contributed by atoms with van der Waals surface area (Å²) in [4.78, 5) is 6.35. The molecule has 3 aromatic carbocycles. The van der Waals surface area contributed by atoms with Gasteiger partial charge in [0.15, 0.2) is 0 Å². The molecule has 30 heavy (non-hydrogen) atoms. The smallest absolute Gasteiger partial charge is 0.0456 e. The van der Waals surface area contributed by atoms with Crippen LogP contribution in [-0.2, 0) is 0 Å². The third-order valence-electron chi connectivity index (χ3n) is 5.58. The fourth-order valence-electron chi connectivity index (χ4n) is 3.63. The number of rotatable bonds is 0.